The molecule has 1 aliphatic carbocycles. The van der Waals surface area contributed by atoms with Gasteiger partial charge in [0.15, 0.2) is 5.76 Å². The van der Waals surface area contributed by atoms with E-state index in [1.54, 1.807) is 13.8 Å². The second-order valence-electron chi connectivity index (χ2n) is 9.84. The maximum Gasteiger partial charge on any atom is 0.248 e. The van der Waals surface area contributed by atoms with Crippen LogP contribution in [0.25, 0.3) is 0 Å². The summed E-state index contributed by atoms with van der Waals surface area (Å²) in [7, 11) is -3.61. The highest BCUT2D eigenvalue weighted by molar-refractivity contribution is 7.89. The first-order valence-electron chi connectivity index (χ1n) is 12.2. The van der Waals surface area contributed by atoms with Crippen molar-refractivity contribution in [3.8, 4) is 0 Å². The molecule has 2 saturated heterocycles. The fraction of sp³-hybridized carbons (Fsp3) is 0.826. The molecule has 0 radical (unpaired) electrons. The lowest BCUT2D eigenvalue weighted by molar-refractivity contribution is -0.139. The van der Waals surface area contributed by atoms with E-state index < -0.39 is 10.0 Å². The van der Waals surface area contributed by atoms with E-state index in [-0.39, 0.29) is 22.6 Å². The number of rotatable bonds is 5. The van der Waals surface area contributed by atoms with Crippen molar-refractivity contribution in [2.24, 2.45) is 11.8 Å². The zero-order valence-corrected chi connectivity index (χ0v) is 20.6. The molecular formula is C23H38N4O4S. The molecule has 2 aliphatic heterocycles. The number of nitrogens with zero attached hydrogens (tertiary/aromatic N) is 4. The van der Waals surface area contributed by atoms with Crippen LogP contribution in [0.3, 0.4) is 0 Å². The van der Waals surface area contributed by atoms with Gasteiger partial charge in [0.2, 0.25) is 15.9 Å². The van der Waals surface area contributed by atoms with Gasteiger partial charge >= 0.3 is 0 Å². The van der Waals surface area contributed by atoms with Crippen molar-refractivity contribution in [2.75, 3.05) is 39.3 Å². The van der Waals surface area contributed by atoms with Crippen molar-refractivity contribution in [2.45, 2.75) is 76.7 Å². The Morgan fingerprint density at radius 3 is 2.16 bits per heavy atom. The third-order valence-corrected chi connectivity index (χ3v) is 10.0. The zero-order valence-electron chi connectivity index (χ0n) is 19.8. The molecule has 0 bridgehead atoms. The molecule has 1 unspecified atom stereocenters. The summed E-state index contributed by atoms with van der Waals surface area (Å²) in [5.74, 6) is 0.719. The SMILES string of the molecule is Cc1noc(C)c1S(=O)(=O)N1CCC(C(C)C(=O)N2CCN(C3CCCCC3)CC2)CC1. The number of carbonyl (C=O) groups excluding carboxylic acids is 1. The highest BCUT2D eigenvalue weighted by atomic mass is 32.2. The van der Waals surface area contributed by atoms with E-state index in [9.17, 15) is 13.2 Å². The van der Waals surface area contributed by atoms with Gasteiger partial charge in [-0.25, -0.2) is 8.42 Å². The molecule has 0 spiro atoms. The lowest BCUT2D eigenvalue weighted by atomic mass is 9.85. The van der Waals surface area contributed by atoms with Crippen LogP contribution < -0.4 is 0 Å². The molecule has 1 saturated carbocycles. The molecule has 9 heteroatoms. The summed E-state index contributed by atoms with van der Waals surface area (Å²) in [5.41, 5.74) is 0.403. The van der Waals surface area contributed by atoms with Crippen LogP contribution in [-0.4, -0.2) is 78.9 Å². The van der Waals surface area contributed by atoms with Gasteiger partial charge in [-0.1, -0.05) is 31.3 Å². The first-order valence-corrected chi connectivity index (χ1v) is 13.7. The normalized spacial score (nSPS) is 24.0. The largest absolute Gasteiger partial charge is 0.360 e. The molecule has 3 heterocycles. The van der Waals surface area contributed by atoms with Crippen molar-refractivity contribution < 1.29 is 17.7 Å². The van der Waals surface area contributed by atoms with Gasteiger partial charge < -0.3 is 9.42 Å². The van der Waals surface area contributed by atoms with Crippen LogP contribution in [-0.2, 0) is 14.8 Å². The monoisotopic (exact) mass is 466 g/mol. The highest BCUT2D eigenvalue weighted by Gasteiger charge is 2.37. The molecule has 1 aromatic rings. The summed E-state index contributed by atoms with van der Waals surface area (Å²) in [6.45, 7) is 9.79. The minimum Gasteiger partial charge on any atom is -0.360 e. The maximum absolute atomic E-state index is 13.2. The van der Waals surface area contributed by atoms with Crippen LogP contribution in [0.5, 0.6) is 0 Å². The van der Waals surface area contributed by atoms with Gasteiger partial charge in [-0.15, -0.1) is 0 Å². The van der Waals surface area contributed by atoms with Crippen LogP contribution in [0.15, 0.2) is 9.42 Å². The summed E-state index contributed by atoms with van der Waals surface area (Å²) in [5, 5.41) is 3.80. The van der Waals surface area contributed by atoms with Gasteiger partial charge in [-0.05, 0) is 45.4 Å². The Morgan fingerprint density at radius 1 is 0.969 bits per heavy atom. The summed E-state index contributed by atoms with van der Waals surface area (Å²) >= 11 is 0. The molecule has 180 valence electrons. The Balaban J connectivity index is 1.29. The Bertz CT molecular complexity index is 874. The van der Waals surface area contributed by atoms with E-state index in [4.69, 9.17) is 4.52 Å². The molecule has 32 heavy (non-hydrogen) atoms. The van der Waals surface area contributed by atoms with E-state index in [0.29, 0.717) is 43.4 Å². The second kappa shape index (κ2) is 9.81. The molecule has 1 amide bonds. The smallest absolute Gasteiger partial charge is 0.248 e. The first-order chi connectivity index (χ1) is 15.3. The molecule has 1 atom stereocenters. The van der Waals surface area contributed by atoms with Crippen molar-refractivity contribution in [3.05, 3.63) is 11.5 Å². The molecule has 4 rings (SSSR count). The maximum atomic E-state index is 13.2. The lowest BCUT2D eigenvalue weighted by Gasteiger charge is -2.42. The number of amides is 1. The number of sulfonamides is 1. The van der Waals surface area contributed by atoms with Gasteiger partial charge in [0.05, 0.1) is 0 Å². The number of aryl methyl sites for hydroxylation is 2. The van der Waals surface area contributed by atoms with Crippen molar-refractivity contribution in [1.29, 1.82) is 0 Å². The summed E-state index contributed by atoms with van der Waals surface area (Å²) in [6, 6.07) is 0.711. The predicted molar refractivity (Wildman–Crippen MR) is 122 cm³/mol. The highest BCUT2D eigenvalue weighted by Crippen LogP contribution is 2.32. The average Bonchev–Trinajstić information content (AvgIpc) is 3.17. The van der Waals surface area contributed by atoms with Crippen LogP contribution in [0.4, 0.5) is 0 Å². The lowest BCUT2D eigenvalue weighted by Crippen LogP contribution is -2.54. The first kappa shape index (κ1) is 23.7. The van der Waals surface area contributed by atoms with Crippen LogP contribution in [0.2, 0.25) is 0 Å². The van der Waals surface area contributed by atoms with Gasteiger partial charge in [-0.2, -0.15) is 4.31 Å². The summed E-state index contributed by atoms with van der Waals surface area (Å²) in [4.78, 5) is 18.0. The Kier molecular flexibility index (Phi) is 7.27. The number of hydrogen-bond acceptors (Lipinski definition) is 6. The molecule has 0 N–H and O–H groups in total. The Labute approximate surface area is 192 Å². The average molecular weight is 467 g/mol. The van der Waals surface area contributed by atoms with Gasteiger partial charge in [0.1, 0.15) is 10.6 Å². The van der Waals surface area contributed by atoms with Gasteiger partial charge in [0, 0.05) is 51.2 Å². The minimum atomic E-state index is -3.61. The van der Waals surface area contributed by atoms with E-state index in [2.05, 4.69) is 10.1 Å². The molecule has 3 aliphatic rings. The fourth-order valence-electron chi connectivity index (χ4n) is 5.83. The van der Waals surface area contributed by atoms with Gasteiger partial charge in [0.25, 0.3) is 0 Å². The Hall–Kier alpha value is -1.45. The third kappa shape index (κ3) is 4.75. The number of aromatic nitrogens is 1. The molecule has 1 aromatic heterocycles. The van der Waals surface area contributed by atoms with Crippen molar-refractivity contribution in [3.63, 3.8) is 0 Å². The molecule has 3 fully saturated rings. The number of hydrogen-bond donors (Lipinski definition) is 0. The molecule has 8 nitrogen and oxygen atoms in total. The number of piperazine rings is 1. The fourth-order valence-corrected chi connectivity index (χ4v) is 7.59. The van der Waals surface area contributed by atoms with Crippen LogP contribution in [0, 0.1) is 25.7 Å². The van der Waals surface area contributed by atoms with Gasteiger partial charge in [-0.3, -0.25) is 9.69 Å². The zero-order chi connectivity index (χ0) is 22.9. The molecule has 0 aromatic carbocycles. The quantitative estimate of drug-likeness (QED) is 0.663. The summed E-state index contributed by atoms with van der Waals surface area (Å²) in [6.07, 6.45) is 8.07. The number of carbonyl (C=O) groups is 1. The Morgan fingerprint density at radius 2 is 1.59 bits per heavy atom. The van der Waals surface area contributed by atoms with E-state index in [1.165, 1.54) is 36.4 Å². The van der Waals surface area contributed by atoms with Crippen molar-refractivity contribution in [1.82, 2.24) is 19.3 Å². The van der Waals surface area contributed by atoms with E-state index in [0.717, 1.165) is 26.2 Å². The minimum absolute atomic E-state index is 0.0693. The second-order valence-corrected chi connectivity index (χ2v) is 11.7. The van der Waals surface area contributed by atoms with Crippen molar-refractivity contribution >= 4 is 15.9 Å². The topological polar surface area (TPSA) is 87.0 Å². The standard InChI is InChI=1S/C23H38N4O4S/c1-17(23(28)26-15-13-25(14-16-26)21-7-5-4-6-8-21)20-9-11-27(12-10-20)32(29,30)22-18(2)24-31-19(22)3/h17,20-21H,4-16H2,1-3H3. The third-order valence-electron chi connectivity index (χ3n) is 7.88. The van der Waals surface area contributed by atoms with E-state index >= 15 is 0 Å². The summed E-state index contributed by atoms with van der Waals surface area (Å²) < 4.78 is 32.7. The predicted octanol–water partition coefficient (Wildman–Crippen LogP) is 2.81. The van der Waals surface area contributed by atoms with Crippen LogP contribution in [0.1, 0.15) is 63.3 Å². The van der Waals surface area contributed by atoms with E-state index in [1.807, 2.05) is 11.8 Å². The van der Waals surface area contributed by atoms with Crippen LogP contribution >= 0.6 is 0 Å². The number of piperidine rings is 1. The molecular weight excluding hydrogens is 428 g/mol.